The van der Waals surface area contributed by atoms with Gasteiger partial charge in [0.2, 0.25) is 17.7 Å². The quantitative estimate of drug-likeness (QED) is 0.732. The molecule has 0 saturated carbocycles. The molecule has 1 aromatic heterocycles. The van der Waals surface area contributed by atoms with Crippen LogP contribution in [-0.4, -0.2) is 56.1 Å². The maximum absolute atomic E-state index is 12.5. The van der Waals surface area contributed by atoms with E-state index in [4.69, 9.17) is 14.2 Å². The van der Waals surface area contributed by atoms with Crippen LogP contribution >= 0.6 is 0 Å². The summed E-state index contributed by atoms with van der Waals surface area (Å²) in [4.78, 5) is 30.6. The van der Waals surface area contributed by atoms with Crippen LogP contribution in [0.3, 0.4) is 0 Å². The molecule has 1 atom stereocenters. The van der Waals surface area contributed by atoms with Crippen molar-refractivity contribution in [2.75, 3.05) is 39.7 Å². The van der Waals surface area contributed by atoms with Gasteiger partial charge in [-0.05, 0) is 30.2 Å². The van der Waals surface area contributed by atoms with E-state index >= 15 is 0 Å². The third-order valence-corrected chi connectivity index (χ3v) is 4.92. The van der Waals surface area contributed by atoms with Crippen molar-refractivity contribution >= 4 is 17.5 Å². The van der Waals surface area contributed by atoms with Crippen molar-refractivity contribution in [1.29, 1.82) is 0 Å². The largest absolute Gasteiger partial charge is 0.493 e. The Hall–Kier alpha value is -3.29. The minimum absolute atomic E-state index is 0.0153. The lowest BCUT2D eigenvalue weighted by atomic mass is 10.1. The predicted octanol–water partition coefficient (Wildman–Crippen LogP) is 2.14. The van der Waals surface area contributed by atoms with Crippen molar-refractivity contribution in [2.45, 2.75) is 12.8 Å². The smallest absolute Gasteiger partial charge is 0.229 e. The van der Waals surface area contributed by atoms with Crippen LogP contribution < -0.4 is 19.5 Å². The molecule has 1 aromatic carbocycles. The molecule has 0 bridgehead atoms. The monoisotopic (exact) mass is 399 g/mol. The standard InChI is InChI=1S/C21H25N3O5/c1-27-17-6-4-14(10-18(17)28-2)8-9-24-13-15(11-20(24)25)21(26)23-16-5-7-19(29-3)22-12-16/h4-7,10,12,15H,8-9,11,13H2,1-3H3,(H,23,26)/t15-/m0/s1. The van der Waals surface area contributed by atoms with Gasteiger partial charge >= 0.3 is 0 Å². The molecule has 154 valence electrons. The lowest BCUT2D eigenvalue weighted by Gasteiger charge is -2.17. The van der Waals surface area contributed by atoms with Gasteiger partial charge in [0.15, 0.2) is 11.5 Å². The fourth-order valence-corrected chi connectivity index (χ4v) is 3.28. The summed E-state index contributed by atoms with van der Waals surface area (Å²) in [6.07, 6.45) is 2.41. The number of methoxy groups -OCH3 is 3. The predicted molar refractivity (Wildman–Crippen MR) is 107 cm³/mol. The summed E-state index contributed by atoms with van der Waals surface area (Å²) in [5, 5.41) is 2.81. The highest BCUT2D eigenvalue weighted by molar-refractivity contribution is 5.97. The van der Waals surface area contributed by atoms with Gasteiger partial charge < -0.3 is 24.4 Å². The van der Waals surface area contributed by atoms with Crippen LogP contribution in [0.2, 0.25) is 0 Å². The topological polar surface area (TPSA) is 90.0 Å². The molecule has 2 aromatic rings. The van der Waals surface area contributed by atoms with E-state index in [9.17, 15) is 9.59 Å². The fraction of sp³-hybridized carbons (Fsp3) is 0.381. The van der Waals surface area contributed by atoms with E-state index in [0.717, 1.165) is 5.56 Å². The Kier molecular flexibility index (Phi) is 6.54. The van der Waals surface area contributed by atoms with E-state index in [-0.39, 0.29) is 24.2 Å². The van der Waals surface area contributed by atoms with Gasteiger partial charge in [-0.2, -0.15) is 0 Å². The number of ether oxygens (including phenoxy) is 3. The van der Waals surface area contributed by atoms with E-state index in [1.165, 1.54) is 13.3 Å². The minimum Gasteiger partial charge on any atom is -0.493 e. The number of amides is 2. The summed E-state index contributed by atoms with van der Waals surface area (Å²) in [5.74, 6) is 1.22. The lowest BCUT2D eigenvalue weighted by molar-refractivity contribution is -0.128. The molecular formula is C21H25N3O5. The number of aromatic nitrogens is 1. The van der Waals surface area contributed by atoms with Crippen molar-refractivity contribution < 1.29 is 23.8 Å². The zero-order chi connectivity index (χ0) is 20.8. The number of benzene rings is 1. The molecule has 0 unspecified atom stereocenters. The number of anilines is 1. The molecule has 8 nitrogen and oxygen atoms in total. The first-order valence-corrected chi connectivity index (χ1v) is 9.33. The van der Waals surface area contributed by atoms with Gasteiger partial charge in [0.05, 0.1) is 39.1 Å². The highest BCUT2D eigenvalue weighted by Crippen LogP contribution is 2.28. The maximum Gasteiger partial charge on any atom is 0.229 e. The summed E-state index contributed by atoms with van der Waals surface area (Å²) in [6.45, 7) is 0.948. The van der Waals surface area contributed by atoms with E-state index < -0.39 is 0 Å². The van der Waals surface area contributed by atoms with Gasteiger partial charge in [-0.1, -0.05) is 6.07 Å². The van der Waals surface area contributed by atoms with Crippen molar-refractivity contribution in [1.82, 2.24) is 9.88 Å². The third-order valence-electron chi connectivity index (χ3n) is 4.92. The molecule has 1 aliphatic rings. The third kappa shape index (κ3) is 4.96. The number of hydrogen-bond acceptors (Lipinski definition) is 6. The summed E-state index contributed by atoms with van der Waals surface area (Å²) in [6, 6.07) is 9.09. The highest BCUT2D eigenvalue weighted by atomic mass is 16.5. The van der Waals surface area contributed by atoms with Gasteiger partial charge in [0.25, 0.3) is 0 Å². The van der Waals surface area contributed by atoms with Gasteiger partial charge in [-0.3, -0.25) is 9.59 Å². The second kappa shape index (κ2) is 9.27. The molecule has 3 rings (SSSR count). The van der Waals surface area contributed by atoms with Crippen LogP contribution in [0.5, 0.6) is 17.4 Å². The number of pyridine rings is 1. The number of carbonyl (C=O) groups is 2. The van der Waals surface area contributed by atoms with E-state index in [2.05, 4.69) is 10.3 Å². The molecule has 0 aliphatic carbocycles. The summed E-state index contributed by atoms with van der Waals surface area (Å²) in [7, 11) is 4.71. The summed E-state index contributed by atoms with van der Waals surface area (Å²) in [5.41, 5.74) is 1.61. The Morgan fingerprint density at radius 2 is 1.93 bits per heavy atom. The number of hydrogen-bond donors (Lipinski definition) is 1. The normalized spacial score (nSPS) is 15.9. The first kappa shape index (κ1) is 20.4. The van der Waals surface area contributed by atoms with E-state index in [1.807, 2.05) is 18.2 Å². The minimum atomic E-state index is -0.380. The number of rotatable bonds is 8. The Balaban J connectivity index is 1.55. The van der Waals surface area contributed by atoms with Crippen LogP contribution in [-0.2, 0) is 16.0 Å². The van der Waals surface area contributed by atoms with E-state index in [0.29, 0.717) is 42.6 Å². The molecule has 1 saturated heterocycles. The van der Waals surface area contributed by atoms with Crippen molar-refractivity contribution in [3.05, 3.63) is 42.1 Å². The highest BCUT2D eigenvalue weighted by Gasteiger charge is 2.34. The molecule has 2 amide bonds. The van der Waals surface area contributed by atoms with Crippen molar-refractivity contribution in [3.8, 4) is 17.4 Å². The molecular weight excluding hydrogens is 374 g/mol. The summed E-state index contributed by atoms with van der Waals surface area (Å²) >= 11 is 0. The molecule has 1 fully saturated rings. The van der Waals surface area contributed by atoms with Gasteiger partial charge in [-0.25, -0.2) is 4.98 Å². The molecule has 8 heteroatoms. The number of carbonyl (C=O) groups excluding carboxylic acids is 2. The van der Waals surface area contributed by atoms with Crippen molar-refractivity contribution in [3.63, 3.8) is 0 Å². The molecule has 1 N–H and O–H groups in total. The van der Waals surface area contributed by atoms with Crippen LogP contribution in [0, 0.1) is 5.92 Å². The average molecular weight is 399 g/mol. The second-order valence-electron chi connectivity index (χ2n) is 6.76. The van der Waals surface area contributed by atoms with Crippen LogP contribution in [0.25, 0.3) is 0 Å². The second-order valence-corrected chi connectivity index (χ2v) is 6.76. The molecule has 0 spiro atoms. The molecule has 1 aliphatic heterocycles. The summed E-state index contributed by atoms with van der Waals surface area (Å²) < 4.78 is 15.6. The Morgan fingerprint density at radius 1 is 1.14 bits per heavy atom. The zero-order valence-electron chi connectivity index (χ0n) is 16.8. The SMILES string of the molecule is COc1ccc(NC(=O)[C@H]2CC(=O)N(CCc3ccc(OC)c(OC)c3)C2)cn1. The first-order chi connectivity index (χ1) is 14.0. The number of nitrogens with one attached hydrogen (secondary N) is 1. The molecule has 2 heterocycles. The van der Waals surface area contributed by atoms with Crippen LogP contribution in [0.15, 0.2) is 36.5 Å². The van der Waals surface area contributed by atoms with Crippen LogP contribution in [0.4, 0.5) is 5.69 Å². The zero-order valence-corrected chi connectivity index (χ0v) is 16.8. The van der Waals surface area contributed by atoms with Gasteiger partial charge in [0.1, 0.15) is 0 Å². The van der Waals surface area contributed by atoms with Gasteiger partial charge in [-0.15, -0.1) is 0 Å². The van der Waals surface area contributed by atoms with Crippen LogP contribution in [0.1, 0.15) is 12.0 Å². The Morgan fingerprint density at radius 3 is 2.59 bits per heavy atom. The van der Waals surface area contributed by atoms with Gasteiger partial charge in [0, 0.05) is 25.6 Å². The number of nitrogens with zero attached hydrogens (tertiary/aromatic N) is 2. The molecule has 29 heavy (non-hydrogen) atoms. The first-order valence-electron chi connectivity index (χ1n) is 9.33. The Labute approximate surface area is 169 Å². The lowest BCUT2D eigenvalue weighted by Crippen LogP contribution is -2.30. The van der Waals surface area contributed by atoms with Crippen molar-refractivity contribution in [2.24, 2.45) is 5.92 Å². The molecule has 0 radical (unpaired) electrons. The fourth-order valence-electron chi connectivity index (χ4n) is 3.28. The number of likely N-dealkylation sites (tertiary alicyclic amines) is 1. The van der Waals surface area contributed by atoms with E-state index in [1.54, 1.807) is 31.3 Å². The average Bonchev–Trinajstić information content (AvgIpc) is 3.13. The Bertz CT molecular complexity index is 869. The maximum atomic E-state index is 12.5.